The van der Waals surface area contributed by atoms with Crippen LogP contribution in [0.3, 0.4) is 0 Å². The molecule has 0 radical (unpaired) electrons. The van der Waals surface area contributed by atoms with Gasteiger partial charge >= 0.3 is 6.61 Å². The van der Waals surface area contributed by atoms with Gasteiger partial charge in [0.25, 0.3) is 0 Å². The Morgan fingerprint density at radius 1 is 1.29 bits per heavy atom. The number of alkyl halides is 2. The Balaban J connectivity index is 1.62. The second-order valence-electron chi connectivity index (χ2n) is 6.26. The lowest BCUT2D eigenvalue weighted by molar-refractivity contribution is -0.117. The monoisotopic (exact) mass is 405 g/mol. The highest BCUT2D eigenvalue weighted by Gasteiger charge is 2.45. The maximum atomic E-state index is 13.1. The molecule has 146 valence electrons. The molecule has 7 nitrogen and oxygen atoms in total. The van der Waals surface area contributed by atoms with Crippen LogP contribution < -0.4 is 14.5 Å². The van der Waals surface area contributed by atoms with Crippen LogP contribution in [0.15, 0.2) is 40.6 Å². The second-order valence-corrected chi connectivity index (χ2v) is 7.39. The van der Waals surface area contributed by atoms with E-state index in [9.17, 15) is 13.6 Å². The van der Waals surface area contributed by atoms with Crippen LogP contribution in [-0.4, -0.2) is 47.7 Å². The van der Waals surface area contributed by atoms with Crippen LogP contribution in [0.4, 0.5) is 20.3 Å². The van der Waals surface area contributed by atoms with Crippen molar-refractivity contribution in [1.82, 2.24) is 9.97 Å². The fourth-order valence-corrected chi connectivity index (χ4v) is 4.40. The lowest BCUT2D eigenvalue weighted by Crippen LogP contribution is -2.42. The molecule has 0 saturated carbocycles. The Morgan fingerprint density at radius 2 is 2.04 bits per heavy atom. The van der Waals surface area contributed by atoms with Crippen molar-refractivity contribution in [3.8, 4) is 5.75 Å². The molecule has 28 heavy (non-hydrogen) atoms. The van der Waals surface area contributed by atoms with Gasteiger partial charge in [-0.2, -0.15) is 8.78 Å². The van der Waals surface area contributed by atoms with E-state index >= 15 is 0 Å². The number of anilines is 2. The lowest BCUT2D eigenvalue weighted by Gasteiger charge is -2.29. The Hall–Kier alpha value is -2.75. The van der Waals surface area contributed by atoms with E-state index in [2.05, 4.69) is 19.7 Å². The Morgan fingerprint density at radius 3 is 2.71 bits per heavy atom. The van der Waals surface area contributed by atoms with Crippen LogP contribution >= 0.6 is 11.8 Å². The minimum Gasteiger partial charge on any atom is -0.435 e. The maximum Gasteiger partial charge on any atom is 0.387 e. The number of carbonyl (C=O) groups is 1. The van der Waals surface area contributed by atoms with Crippen LogP contribution in [0.2, 0.25) is 0 Å². The van der Waals surface area contributed by atoms with E-state index in [1.54, 1.807) is 12.1 Å². The molecule has 1 aromatic carbocycles. The van der Waals surface area contributed by atoms with Gasteiger partial charge in [-0.3, -0.25) is 14.7 Å². The number of aliphatic imine (C=N–C) groups is 1. The van der Waals surface area contributed by atoms with Gasteiger partial charge in [0.2, 0.25) is 5.91 Å². The fraction of sp³-hybridized carbons (Fsp3) is 0.333. The van der Waals surface area contributed by atoms with Gasteiger partial charge in [-0.25, -0.2) is 9.97 Å². The zero-order chi connectivity index (χ0) is 19.8. The van der Waals surface area contributed by atoms with Crippen molar-refractivity contribution >= 4 is 35.5 Å². The number of thioether (sulfide) groups is 1. The number of halogens is 2. The number of ether oxygens (including phenoxy) is 1. The normalized spacial score (nSPS) is 20.3. The molecule has 2 aromatic rings. The second kappa shape index (κ2) is 7.34. The first-order valence-electron chi connectivity index (χ1n) is 8.63. The van der Waals surface area contributed by atoms with Crippen LogP contribution in [0.1, 0.15) is 18.5 Å². The highest BCUT2D eigenvalue weighted by atomic mass is 32.2. The predicted octanol–water partition coefficient (Wildman–Crippen LogP) is 3.12. The van der Waals surface area contributed by atoms with Gasteiger partial charge in [-0.05, 0) is 31.2 Å². The van der Waals surface area contributed by atoms with E-state index in [1.807, 2.05) is 18.9 Å². The number of amides is 1. The number of rotatable bonds is 5. The van der Waals surface area contributed by atoms with Crippen LogP contribution in [0.5, 0.6) is 5.75 Å². The number of fused-ring (bicyclic) bond motifs is 3. The fourth-order valence-electron chi connectivity index (χ4n) is 3.17. The zero-order valence-electron chi connectivity index (χ0n) is 15.1. The maximum absolute atomic E-state index is 13.1. The molecular weight excluding hydrogens is 388 g/mol. The quantitative estimate of drug-likeness (QED) is 0.712. The molecule has 0 bridgehead atoms. The number of aromatic nitrogens is 2. The summed E-state index contributed by atoms with van der Waals surface area (Å²) in [6.07, 6.45) is 2.98. The summed E-state index contributed by atoms with van der Waals surface area (Å²) in [6, 6.07) is 5.53. The molecule has 2 aliphatic heterocycles. The van der Waals surface area contributed by atoms with Gasteiger partial charge in [0.1, 0.15) is 34.2 Å². The molecule has 2 unspecified atom stereocenters. The number of benzene rings is 1. The Bertz CT molecular complexity index is 925. The topological polar surface area (TPSA) is 70.9 Å². The van der Waals surface area contributed by atoms with Crippen molar-refractivity contribution in [2.24, 2.45) is 4.99 Å². The number of nitrogens with zero attached hydrogens (tertiary/aromatic N) is 5. The largest absolute Gasteiger partial charge is 0.435 e. The van der Waals surface area contributed by atoms with E-state index in [4.69, 9.17) is 0 Å². The predicted molar refractivity (Wildman–Crippen MR) is 102 cm³/mol. The van der Waals surface area contributed by atoms with Gasteiger partial charge in [-0.15, -0.1) is 0 Å². The molecule has 0 saturated heterocycles. The van der Waals surface area contributed by atoms with E-state index in [0.29, 0.717) is 5.69 Å². The molecule has 0 N–H and O–H groups in total. The third-order valence-corrected chi connectivity index (χ3v) is 5.91. The van der Waals surface area contributed by atoms with Gasteiger partial charge < -0.3 is 9.64 Å². The summed E-state index contributed by atoms with van der Waals surface area (Å²) in [5.74, 6) is 0.665. The van der Waals surface area contributed by atoms with Crippen LogP contribution in [0, 0.1) is 0 Å². The first kappa shape index (κ1) is 18.6. The summed E-state index contributed by atoms with van der Waals surface area (Å²) in [6.45, 7) is -0.107. The van der Waals surface area contributed by atoms with E-state index < -0.39 is 11.9 Å². The number of hydrogen-bond acceptors (Lipinski definition) is 7. The van der Waals surface area contributed by atoms with E-state index in [-0.39, 0.29) is 17.7 Å². The van der Waals surface area contributed by atoms with Crippen molar-refractivity contribution in [3.63, 3.8) is 0 Å². The van der Waals surface area contributed by atoms with Gasteiger partial charge in [0, 0.05) is 13.6 Å². The lowest BCUT2D eigenvalue weighted by atomic mass is 10.0. The van der Waals surface area contributed by atoms with Crippen molar-refractivity contribution < 1.29 is 18.3 Å². The van der Waals surface area contributed by atoms with Crippen molar-refractivity contribution in [2.45, 2.75) is 29.9 Å². The molecule has 4 rings (SSSR count). The standard InChI is InChI=1S/C18H17F2N5O2S/c1-3-24(2)15-12-13-14(28-16(12)22-8-21-15)17(26)25(9-23-13)10-4-6-11(7-5-10)27-18(19)20/h4-9,13-14,18H,3H2,1-2H3. The van der Waals surface area contributed by atoms with E-state index in [0.717, 1.165) is 23.0 Å². The summed E-state index contributed by atoms with van der Waals surface area (Å²) in [5, 5.41) is 0.311. The summed E-state index contributed by atoms with van der Waals surface area (Å²) >= 11 is 1.37. The van der Waals surface area contributed by atoms with E-state index in [1.165, 1.54) is 41.5 Å². The average Bonchev–Trinajstić information content (AvgIpc) is 3.08. The van der Waals surface area contributed by atoms with Gasteiger partial charge in [0.05, 0.1) is 17.6 Å². The first-order chi connectivity index (χ1) is 13.5. The zero-order valence-corrected chi connectivity index (χ0v) is 15.9. The van der Waals surface area contributed by atoms with Crippen LogP contribution in [-0.2, 0) is 4.79 Å². The third kappa shape index (κ3) is 3.17. The molecule has 0 aliphatic carbocycles. The highest BCUT2D eigenvalue weighted by Crippen LogP contribution is 2.50. The molecule has 10 heteroatoms. The molecule has 2 aliphatic rings. The van der Waals surface area contributed by atoms with Crippen molar-refractivity contribution in [1.29, 1.82) is 0 Å². The molecule has 0 fully saturated rings. The van der Waals surface area contributed by atoms with Crippen molar-refractivity contribution in [3.05, 3.63) is 36.2 Å². The smallest absolute Gasteiger partial charge is 0.387 e. The summed E-state index contributed by atoms with van der Waals surface area (Å²) < 4.78 is 29.0. The molecule has 1 amide bonds. The first-order valence-corrected chi connectivity index (χ1v) is 9.51. The Labute approximate surface area is 164 Å². The van der Waals surface area contributed by atoms with Crippen molar-refractivity contribution in [2.75, 3.05) is 23.4 Å². The number of carbonyl (C=O) groups excluding carboxylic acids is 1. The third-order valence-electron chi connectivity index (χ3n) is 4.65. The van der Waals surface area contributed by atoms with Gasteiger partial charge in [0.15, 0.2) is 0 Å². The molecular formula is C18H17F2N5O2S. The van der Waals surface area contributed by atoms with Gasteiger partial charge in [-0.1, -0.05) is 11.8 Å². The minimum atomic E-state index is -2.89. The number of hydrogen-bond donors (Lipinski definition) is 0. The molecule has 0 spiro atoms. The summed E-state index contributed by atoms with van der Waals surface area (Å²) in [4.78, 5) is 29.8. The summed E-state index contributed by atoms with van der Waals surface area (Å²) in [5.41, 5.74) is 1.40. The molecule has 1 aromatic heterocycles. The van der Waals surface area contributed by atoms with Crippen LogP contribution in [0.25, 0.3) is 0 Å². The summed E-state index contributed by atoms with van der Waals surface area (Å²) in [7, 11) is 1.93. The SMILES string of the molecule is CCN(C)c1ncnc2c1C1N=CN(c3ccc(OC(F)F)cc3)C(=O)C1S2. The highest BCUT2D eigenvalue weighted by molar-refractivity contribution is 8.01. The average molecular weight is 405 g/mol. The molecule has 3 heterocycles. The Kier molecular flexibility index (Phi) is 4.88. The molecule has 2 atom stereocenters. The minimum absolute atomic E-state index is 0.0307.